The highest BCUT2D eigenvalue weighted by Gasteiger charge is 2.12. The average Bonchev–Trinajstić information content (AvgIpc) is 2.75. The van der Waals surface area contributed by atoms with E-state index < -0.39 is 6.10 Å². The number of nitrogens with zero attached hydrogens (tertiary/aromatic N) is 2. The van der Waals surface area contributed by atoms with E-state index in [4.69, 9.17) is 0 Å². The van der Waals surface area contributed by atoms with Crippen LogP contribution in [0.15, 0.2) is 30.0 Å². The van der Waals surface area contributed by atoms with E-state index in [-0.39, 0.29) is 0 Å². The van der Waals surface area contributed by atoms with E-state index in [1.165, 1.54) is 4.88 Å². The first-order valence-corrected chi connectivity index (χ1v) is 5.32. The number of hydrogen-bond acceptors (Lipinski definition) is 3. The fraction of sp³-hybridized carbons (Fsp3) is 0.300. The van der Waals surface area contributed by atoms with Gasteiger partial charge in [-0.25, -0.2) is 4.98 Å². The van der Waals surface area contributed by atoms with Gasteiger partial charge in [-0.3, -0.25) is 0 Å². The summed E-state index contributed by atoms with van der Waals surface area (Å²) in [4.78, 5) is 5.17. The normalized spacial score (nSPS) is 13.0. The van der Waals surface area contributed by atoms with E-state index in [9.17, 15) is 5.11 Å². The number of aliphatic hydroxyl groups excluding tert-OH is 1. The highest BCUT2D eigenvalue weighted by Crippen LogP contribution is 2.20. The van der Waals surface area contributed by atoms with Gasteiger partial charge in [0.25, 0.3) is 0 Å². The van der Waals surface area contributed by atoms with Crippen molar-refractivity contribution >= 4 is 11.3 Å². The minimum Gasteiger partial charge on any atom is -0.386 e. The highest BCUT2D eigenvalue weighted by molar-refractivity contribution is 7.09. The maximum atomic E-state index is 9.91. The molecular formula is C10H12N2OS. The molecule has 1 atom stereocenters. The van der Waals surface area contributed by atoms with Crippen LogP contribution in [0, 0.1) is 0 Å². The molecular weight excluding hydrogens is 196 g/mol. The molecule has 0 aromatic carbocycles. The molecule has 1 N–H and O–H groups in total. The molecule has 3 nitrogen and oxygen atoms in total. The Hall–Kier alpha value is -1.13. The second kappa shape index (κ2) is 3.94. The molecule has 2 rings (SSSR count). The van der Waals surface area contributed by atoms with Crippen molar-refractivity contribution in [3.05, 3.63) is 40.6 Å². The van der Waals surface area contributed by atoms with Gasteiger partial charge in [-0.05, 0) is 11.4 Å². The topological polar surface area (TPSA) is 38.0 Å². The molecule has 0 bridgehead atoms. The van der Waals surface area contributed by atoms with E-state index in [1.54, 1.807) is 23.9 Å². The Balaban J connectivity index is 2.10. The van der Waals surface area contributed by atoms with Crippen molar-refractivity contribution in [2.24, 2.45) is 7.05 Å². The van der Waals surface area contributed by atoms with Crippen LogP contribution in [0.3, 0.4) is 0 Å². The number of rotatable bonds is 3. The molecule has 0 aliphatic carbocycles. The number of aliphatic hydroxyl groups is 1. The Labute approximate surface area is 86.7 Å². The van der Waals surface area contributed by atoms with Crippen LogP contribution in [0.4, 0.5) is 0 Å². The molecule has 0 aliphatic heterocycles. The van der Waals surface area contributed by atoms with Gasteiger partial charge in [0.2, 0.25) is 0 Å². The molecule has 2 aromatic rings. The van der Waals surface area contributed by atoms with Crippen LogP contribution in [0.5, 0.6) is 0 Å². The standard InChI is InChI=1S/C10H12N2OS/c1-12-7-11-6-9(12)10(13)5-8-3-2-4-14-8/h2-4,6-7,10,13H,5H2,1H3. The summed E-state index contributed by atoms with van der Waals surface area (Å²) in [6.45, 7) is 0. The Morgan fingerprint density at radius 1 is 1.64 bits per heavy atom. The zero-order valence-electron chi connectivity index (χ0n) is 7.92. The maximum absolute atomic E-state index is 9.91. The zero-order chi connectivity index (χ0) is 9.97. The SMILES string of the molecule is Cn1cncc1C(O)Cc1cccs1. The van der Waals surface area contributed by atoms with Crippen LogP contribution >= 0.6 is 11.3 Å². The fourth-order valence-electron chi connectivity index (χ4n) is 1.41. The van der Waals surface area contributed by atoms with Crippen molar-refractivity contribution in [2.75, 3.05) is 0 Å². The van der Waals surface area contributed by atoms with Gasteiger partial charge in [0.1, 0.15) is 6.10 Å². The summed E-state index contributed by atoms with van der Waals surface area (Å²) < 4.78 is 1.85. The van der Waals surface area contributed by atoms with Gasteiger partial charge in [-0.1, -0.05) is 6.07 Å². The molecule has 0 spiro atoms. The molecule has 2 heterocycles. The van der Waals surface area contributed by atoms with Crippen molar-refractivity contribution in [3.8, 4) is 0 Å². The minimum atomic E-state index is -0.457. The summed E-state index contributed by atoms with van der Waals surface area (Å²) >= 11 is 1.66. The highest BCUT2D eigenvalue weighted by atomic mass is 32.1. The molecule has 74 valence electrons. The summed E-state index contributed by atoms with van der Waals surface area (Å²) in [5.41, 5.74) is 0.860. The molecule has 4 heteroatoms. The third-order valence-electron chi connectivity index (χ3n) is 2.17. The second-order valence-electron chi connectivity index (χ2n) is 3.23. The summed E-state index contributed by atoms with van der Waals surface area (Å²) in [6.07, 6.45) is 3.61. The van der Waals surface area contributed by atoms with Gasteiger partial charge in [-0.15, -0.1) is 11.3 Å². The van der Waals surface area contributed by atoms with Crippen LogP contribution in [-0.2, 0) is 13.5 Å². The van der Waals surface area contributed by atoms with Gasteiger partial charge in [0.15, 0.2) is 0 Å². The summed E-state index contributed by atoms with van der Waals surface area (Å²) in [6, 6.07) is 4.03. The van der Waals surface area contributed by atoms with Crippen molar-refractivity contribution < 1.29 is 5.11 Å². The van der Waals surface area contributed by atoms with Gasteiger partial charge in [0.05, 0.1) is 18.2 Å². The molecule has 14 heavy (non-hydrogen) atoms. The average molecular weight is 208 g/mol. The third kappa shape index (κ3) is 1.86. The number of thiophene rings is 1. The largest absolute Gasteiger partial charge is 0.386 e. The van der Waals surface area contributed by atoms with Gasteiger partial charge in [-0.2, -0.15) is 0 Å². The number of imidazole rings is 1. The second-order valence-corrected chi connectivity index (χ2v) is 4.26. The molecule has 2 aromatic heterocycles. The lowest BCUT2D eigenvalue weighted by atomic mass is 10.2. The quantitative estimate of drug-likeness (QED) is 0.834. The van der Waals surface area contributed by atoms with Crippen LogP contribution in [0.1, 0.15) is 16.7 Å². The number of aryl methyl sites for hydroxylation is 1. The van der Waals surface area contributed by atoms with E-state index in [0.29, 0.717) is 6.42 Å². The van der Waals surface area contributed by atoms with E-state index in [1.807, 2.05) is 29.1 Å². The first-order valence-electron chi connectivity index (χ1n) is 4.44. The van der Waals surface area contributed by atoms with Crippen molar-refractivity contribution in [3.63, 3.8) is 0 Å². The lowest BCUT2D eigenvalue weighted by Gasteiger charge is -2.09. The van der Waals surface area contributed by atoms with Crippen LogP contribution in [0.25, 0.3) is 0 Å². The van der Waals surface area contributed by atoms with Crippen molar-refractivity contribution in [1.82, 2.24) is 9.55 Å². The van der Waals surface area contributed by atoms with Crippen LogP contribution < -0.4 is 0 Å². The number of hydrogen-bond donors (Lipinski definition) is 1. The monoisotopic (exact) mass is 208 g/mol. The summed E-state index contributed by atoms with van der Waals surface area (Å²) in [7, 11) is 1.89. The Morgan fingerprint density at radius 3 is 3.07 bits per heavy atom. The first kappa shape index (κ1) is 9.43. The first-order chi connectivity index (χ1) is 6.77. The predicted molar refractivity (Wildman–Crippen MR) is 56.2 cm³/mol. The van der Waals surface area contributed by atoms with E-state index >= 15 is 0 Å². The summed E-state index contributed by atoms with van der Waals surface area (Å²) in [5.74, 6) is 0. The zero-order valence-corrected chi connectivity index (χ0v) is 8.74. The lowest BCUT2D eigenvalue weighted by molar-refractivity contribution is 0.171. The van der Waals surface area contributed by atoms with E-state index in [0.717, 1.165) is 5.69 Å². The Morgan fingerprint density at radius 2 is 2.50 bits per heavy atom. The van der Waals surface area contributed by atoms with Crippen molar-refractivity contribution in [1.29, 1.82) is 0 Å². The van der Waals surface area contributed by atoms with Gasteiger partial charge in [0, 0.05) is 18.3 Å². The molecule has 0 amide bonds. The van der Waals surface area contributed by atoms with Gasteiger partial charge >= 0.3 is 0 Å². The van der Waals surface area contributed by atoms with E-state index in [2.05, 4.69) is 4.98 Å². The van der Waals surface area contributed by atoms with Crippen molar-refractivity contribution in [2.45, 2.75) is 12.5 Å². The van der Waals surface area contributed by atoms with Crippen LogP contribution in [0.2, 0.25) is 0 Å². The Kier molecular flexibility index (Phi) is 2.65. The Bertz CT molecular complexity index is 394. The predicted octanol–water partition coefficient (Wildman–Crippen LogP) is 1.76. The molecule has 0 saturated heterocycles. The number of aromatic nitrogens is 2. The molecule has 0 radical (unpaired) electrons. The molecule has 0 fully saturated rings. The maximum Gasteiger partial charge on any atom is 0.100 e. The lowest BCUT2D eigenvalue weighted by Crippen LogP contribution is -2.05. The smallest absolute Gasteiger partial charge is 0.100 e. The minimum absolute atomic E-state index is 0.457. The third-order valence-corrected chi connectivity index (χ3v) is 3.07. The van der Waals surface area contributed by atoms with Gasteiger partial charge < -0.3 is 9.67 Å². The fourth-order valence-corrected chi connectivity index (χ4v) is 2.16. The molecule has 0 aliphatic rings. The molecule has 0 saturated carbocycles. The molecule has 1 unspecified atom stereocenters. The van der Waals surface area contributed by atoms with Crippen LogP contribution in [-0.4, -0.2) is 14.7 Å². The summed E-state index contributed by atoms with van der Waals surface area (Å²) in [5, 5.41) is 11.9.